The lowest BCUT2D eigenvalue weighted by atomic mass is 10.0. The number of carbonyl (C=O) groups excluding carboxylic acids is 3. The molecule has 0 saturated heterocycles. The first-order valence-corrected chi connectivity index (χ1v) is 8.32. The number of rotatable bonds is 7. The maximum Gasteiger partial charge on any atom is 0.355 e. The summed E-state index contributed by atoms with van der Waals surface area (Å²) in [5.74, 6) is -0.843. The lowest BCUT2D eigenvalue weighted by Gasteiger charge is -2.18. The van der Waals surface area contributed by atoms with E-state index >= 15 is 0 Å². The van der Waals surface area contributed by atoms with E-state index in [1.807, 2.05) is 13.8 Å². The Morgan fingerprint density at radius 2 is 1.75 bits per heavy atom. The van der Waals surface area contributed by atoms with Gasteiger partial charge >= 0.3 is 5.97 Å². The van der Waals surface area contributed by atoms with E-state index in [9.17, 15) is 14.4 Å². The number of hydrogen-bond acceptors (Lipinski definition) is 4. The van der Waals surface area contributed by atoms with E-state index in [0.29, 0.717) is 23.4 Å². The number of likely N-dealkylation sites (N-methyl/N-ethyl adjacent to an activating group) is 1. The van der Waals surface area contributed by atoms with Gasteiger partial charge in [-0.25, -0.2) is 4.79 Å². The van der Waals surface area contributed by atoms with Gasteiger partial charge in [-0.1, -0.05) is 13.8 Å². The number of ketones is 1. The zero-order valence-corrected chi connectivity index (χ0v) is 15.7. The second-order valence-electron chi connectivity index (χ2n) is 6.17. The molecule has 0 N–H and O–H groups in total. The predicted molar refractivity (Wildman–Crippen MR) is 92.3 cm³/mol. The Labute approximate surface area is 143 Å². The molecule has 24 heavy (non-hydrogen) atoms. The molecule has 6 nitrogen and oxygen atoms in total. The maximum atomic E-state index is 12.7. The molecule has 1 amide bonds. The molecular weight excluding hydrogens is 308 g/mol. The van der Waals surface area contributed by atoms with Crippen LogP contribution in [0.2, 0.25) is 0 Å². The first kappa shape index (κ1) is 19.9. The molecule has 0 aliphatic carbocycles. The monoisotopic (exact) mass is 336 g/mol. The molecular formula is C18H28N2O4. The third-order valence-electron chi connectivity index (χ3n) is 4.08. The molecule has 0 bridgehead atoms. The largest absolute Gasteiger partial charge is 0.461 e. The Morgan fingerprint density at radius 3 is 2.21 bits per heavy atom. The third-order valence-corrected chi connectivity index (χ3v) is 4.08. The lowest BCUT2D eigenvalue weighted by Crippen LogP contribution is -2.35. The lowest BCUT2D eigenvalue weighted by molar-refractivity contribution is -0.132. The Morgan fingerprint density at radius 1 is 1.17 bits per heavy atom. The third kappa shape index (κ3) is 3.86. The van der Waals surface area contributed by atoms with Crippen LogP contribution >= 0.6 is 0 Å². The minimum absolute atomic E-state index is 0.00527. The van der Waals surface area contributed by atoms with Gasteiger partial charge in [0.1, 0.15) is 5.69 Å². The average Bonchev–Trinajstić information content (AvgIpc) is 2.76. The normalized spacial score (nSPS) is 10.8. The minimum atomic E-state index is -0.425. The quantitative estimate of drug-likeness (QED) is 0.567. The highest BCUT2D eigenvalue weighted by Gasteiger charge is 2.27. The molecule has 0 aromatic carbocycles. The van der Waals surface area contributed by atoms with Crippen molar-refractivity contribution < 1.29 is 19.1 Å². The SMILES string of the molecule is CCOC(=O)c1c(C)c(C(=O)CN(C)C(=O)C(C)C)c(C)n1CC. The number of Topliss-reactive ketones (excluding diaryl/α,β-unsaturated/α-hetero) is 1. The van der Waals surface area contributed by atoms with Crippen LogP contribution in [0.3, 0.4) is 0 Å². The van der Waals surface area contributed by atoms with Gasteiger partial charge in [0.15, 0.2) is 5.78 Å². The molecule has 1 aromatic heterocycles. The van der Waals surface area contributed by atoms with E-state index in [4.69, 9.17) is 4.74 Å². The van der Waals surface area contributed by atoms with E-state index in [1.54, 1.807) is 39.3 Å². The Hall–Kier alpha value is -2.11. The molecule has 134 valence electrons. The fraction of sp³-hybridized carbons (Fsp3) is 0.611. The van der Waals surface area contributed by atoms with Crippen LogP contribution in [0, 0.1) is 19.8 Å². The molecule has 6 heteroatoms. The first-order valence-electron chi connectivity index (χ1n) is 8.32. The summed E-state index contributed by atoms with van der Waals surface area (Å²) in [6.07, 6.45) is 0. The molecule has 0 unspecified atom stereocenters. The number of carbonyl (C=O) groups is 3. The van der Waals surface area contributed by atoms with E-state index in [0.717, 1.165) is 5.69 Å². The van der Waals surface area contributed by atoms with Gasteiger partial charge in [0.05, 0.1) is 13.2 Å². The van der Waals surface area contributed by atoms with Crippen LogP contribution in [-0.2, 0) is 16.1 Å². The zero-order chi connectivity index (χ0) is 18.6. The smallest absolute Gasteiger partial charge is 0.355 e. The molecule has 0 saturated carbocycles. The van der Waals surface area contributed by atoms with Crippen molar-refractivity contribution in [3.8, 4) is 0 Å². The molecule has 0 atom stereocenters. The first-order chi connectivity index (χ1) is 11.2. The van der Waals surface area contributed by atoms with Crippen molar-refractivity contribution in [3.63, 3.8) is 0 Å². The summed E-state index contributed by atoms with van der Waals surface area (Å²) in [5.41, 5.74) is 2.26. The summed E-state index contributed by atoms with van der Waals surface area (Å²) in [6, 6.07) is 0. The van der Waals surface area contributed by atoms with Gasteiger partial charge in [-0.15, -0.1) is 0 Å². The van der Waals surface area contributed by atoms with Crippen molar-refractivity contribution >= 4 is 17.7 Å². The number of esters is 1. The molecule has 1 aromatic rings. The fourth-order valence-corrected chi connectivity index (χ4v) is 2.98. The van der Waals surface area contributed by atoms with Crippen molar-refractivity contribution in [3.05, 3.63) is 22.5 Å². The van der Waals surface area contributed by atoms with Crippen LogP contribution in [0.5, 0.6) is 0 Å². The van der Waals surface area contributed by atoms with Crippen LogP contribution in [0.25, 0.3) is 0 Å². The minimum Gasteiger partial charge on any atom is -0.461 e. The summed E-state index contributed by atoms with van der Waals surface area (Å²) < 4.78 is 6.91. The topological polar surface area (TPSA) is 68.6 Å². The summed E-state index contributed by atoms with van der Waals surface area (Å²) in [5, 5.41) is 0. The van der Waals surface area contributed by atoms with Crippen LogP contribution in [-0.4, -0.2) is 47.3 Å². The summed E-state index contributed by atoms with van der Waals surface area (Å²) >= 11 is 0. The molecule has 0 radical (unpaired) electrons. The van der Waals surface area contributed by atoms with Crippen LogP contribution in [0.15, 0.2) is 0 Å². The van der Waals surface area contributed by atoms with E-state index in [2.05, 4.69) is 0 Å². The summed E-state index contributed by atoms with van der Waals surface area (Å²) in [6.45, 7) is 11.7. The fourth-order valence-electron chi connectivity index (χ4n) is 2.98. The molecule has 0 aliphatic rings. The van der Waals surface area contributed by atoms with Crippen LogP contribution < -0.4 is 0 Å². The second kappa shape index (κ2) is 8.13. The number of nitrogens with zero attached hydrogens (tertiary/aromatic N) is 2. The van der Waals surface area contributed by atoms with E-state index < -0.39 is 5.97 Å². The average molecular weight is 336 g/mol. The number of amides is 1. The highest BCUT2D eigenvalue weighted by molar-refractivity contribution is 6.04. The Balaban J connectivity index is 3.23. The van der Waals surface area contributed by atoms with Crippen molar-refractivity contribution in [2.75, 3.05) is 20.2 Å². The Bertz CT molecular complexity index is 644. The van der Waals surface area contributed by atoms with Crippen LogP contribution in [0.4, 0.5) is 0 Å². The standard InChI is InChI=1S/C18H28N2O4/c1-8-20-13(6)15(12(5)16(20)18(23)24-9-2)14(21)10-19(7)17(22)11(3)4/h11H,8-10H2,1-7H3. The molecule has 1 rings (SSSR count). The van der Waals surface area contributed by atoms with E-state index in [-0.39, 0.29) is 30.8 Å². The van der Waals surface area contributed by atoms with Gasteiger partial charge in [-0.3, -0.25) is 9.59 Å². The number of hydrogen-bond donors (Lipinski definition) is 0. The Kier molecular flexibility index (Phi) is 6.75. The number of ether oxygens (including phenoxy) is 1. The second-order valence-corrected chi connectivity index (χ2v) is 6.17. The molecule has 0 spiro atoms. The van der Waals surface area contributed by atoms with Gasteiger partial charge in [0.25, 0.3) is 0 Å². The van der Waals surface area contributed by atoms with Gasteiger partial charge in [-0.05, 0) is 33.3 Å². The van der Waals surface area contributed by atoms with Crippen molar-refractivity contribution in [1.82, 2.24) is 9.47 Å². The highest BCUT2D eigenvalue weighted by atomic mass is 16.5. The van der Waals surface area contributed by atoms with Crippen LogP contribution in [0.1, 0.15) is 59.8 Å². The van der Waals surface area contributed by atoms with Crippen molar-refractivity contribution in [1.29, 1.82) is 0 Å². The molecule has 1 heterocycles. The molecule has 0 aliphatic heterocycles. The predicted octanol–water partition coefficient (Wildman–Crippen LogP) is 2.60. The van der Waals surface area contributed by atoms with Gasteiger partial charge < -0.3 is 14.2 Å². The zero-order valence-electron chi connectivity index (χ0n) is 15.7. The van der Waals surface area contributed by atoms with E-state index in [1.165, 1.54) is 4.90 Å². The van der Waals surface area contributed by atoms with Crippen molar-refractivity contribution in [2.24, 2.45) is 5.92 Å². The van der Waals surface area contributed by atoms with Crippen molar-refractivity contribution in [2.45, 2.75) is 48.1 Å². The number of aromatic nitrogens is 1. The maximum absolute atomic E-state index is 12.7. The summed E-state index contributed by atoms with van der Waals surface area (Å²) in [4.78, 5) is 38.4. The summed E-state index contributed by atoms with van der Waals surface area (Å²) in [7, 11) is 1.62. The van der Waals surface area contributed by atoms with Gasteiger partial charge in [0.2, 0.25) is 5.91 Å². The van der Waals surface area contributed by atoms with Gasteiger partial charge in [0, 0.05) is 30.8 Å². The molecule has 0 fully saturated rings. The highest BCUT2D eigenvalue weighted by Crippen LogP contribution is 2.24. The van der Waals surface area contributed by atoms with Gasteiger partial charge in [-0.2, -0.15) is 0 Å².